The summed E-state index contributed by atoms with van der Waals surface area (Å²) < 4.78 is 11.0. The maximum Gasteiger partial charge on any atom is 0.191 e. The van der Waals surface area contributed by atoms with Crippen molar-refractivity contribution in [2.24, 2.45) is 10.9 Å². The third-order valence-electron chi connectivity index (χ3n) is 2.95. The molecule has 0 atom stereocenters. The SMILES string of the molecule is CCNC(=NCC(C)C)NCCOCc1ccccc1OC.I. The summed E-state index contributed by atoms with van der Waals surface area (Å²) in [6, 6.07) is 7.90. The van der Waals surface area contributed by atoms with Crippen molar-refractivity contribution < 1.29 is 9.47 Å². The van der Waals surface area contributed by atoms with Gasteiger partial charge in [0.1, 0.15) is 5.75 Å². The van der Waals surface area contributed by atoms with Gasteiger partial charge in [0.25, 0.3) is 0 Å². The fourth-order valence-corrected chi connectivity index (χ4v) is 1.86. The lowest BCUT2D eigenvalue weighted by Gasteiger charge is -2.13. The molecule has 0 saturated heterocycles. The zero-order valence-corrected chi connectivity index (χ0v) is 16.9. The number of rotatable bonds is 9. The fraction of sp³-hybridized carbons (Fsp3) is 0.588. The molecule has 0 unspecified atom stereocenters. The van der Waals surface area contributed by atoms with E-state index in [0.29, 0.717) is 19.1 Å². The number of aliphatic imine (C=N–C) groups is 1. The molecule has 0 amide bonds. The largest absolute Gasteiger partial charge is 0.496 e. The Balaban J connectivity index is 0.00000484. The second-order valence-corrected chi connectivity index (χ2v) is 5.40. The highest BCUT2D eigenvalue weighted by Crippen LogP contribution is 2.17. The van der Waals surface area contributed by atoms with E-state index in [2.05, 4.69) is 36.4 Å². The molecule has 1 rings (SSSR count). The van der Waals surface area contributed by atoms with Gasteiger partial charge in [-0.2, -0.15) is 0 Å². The van der Waals surface area contributed by atoms with Crippen molar-refractivity contribution in [3.05, 3.63) is 29.8 Å². The summed E-state index contributed by atoms with van der Waals surface area (Å²) in [6.45, 7) is 9.93. The molecule has 0 bridgehead atoms. The van der Waals surface area contributed by atoms with Crippen molar-refractivity contribution in [1.29, 1.82) is 0 Å². The quantitative estimate of drug-likeness (QED) is 0.271. The molecule has 0 aromatic heterocycles. The first-order valence-electron chi connectivity index (χ1n) is 7.89. The van der Waals surface area contributed by atoms with Crippen LogP contribution in [0.5, 0.6) is 5.75 Å². The van der Waals surface area contributed by atoms with Gasteiger partial charge in [-0.3, -0.25) is 4.99 Å². The number of methoxy groups -OCH3 is 1. The van der Waals surface area contributed by atoms with Gasteiger partial charge in [-0.05, 0) is 18.9 Å². The molecule has 0 aliphatic heterocycles. The number of nitrogens with one attached hydrogen (secondary N) is 2. The van der Waals surface area contributed by atoms with Gasteiger partial charge >= 0.3 is 0 Å². The smallest absolute Gasteiger partial charge is 0.191 e. The number of para-hydroxylation sites is 1. The third kappa shape index (κ3) is 9.65. The van der Waals surface area contributed by atoms with Crippen molar-refractivity contribution in [2.75, 3.05) is 33.4 Å². The first-order chi connectivity index (χ1) is 10.7. The Hall–Kier alpha value is -1.02. The number of nitrogens with zero attached hydrogens (tertiary/aromatic N) is 1. The van der Waals surface area contributed by atoms with E-state index < -0.39 is 0 Å². The van der Waals surface area contributed by atoms with Gasteiger partial charge in [-0.25, -0.2) is 0 Å². The lowest BCUT2D eigenvalue weighted by Crippen LogP contribution is -2.39. The van der Waals surface area contributed by atoms with Crippen molar-refractivity contribution in [2.45, 2.75) is 27.4 Å². The maximum absolute atomic E-state index is 5.69. The first-order valence-corrected chi connectivity index (χ1v) is 7.89. The molecule has 0 heterocycles. The Morgan fingerprint density at radius 3 is 2.61 bits per heavy atom. The summed E-state index contributed by atoms with van der Waals surface area (Å²) in [6.07, 6.45) is 0. The van der Waals surface area contributed by atoms with Crippen LogP contribution in [-0.4, -0.2) is 39.3 Å². The third-order valence-corrected chi connectivity index (χ3v) is 2.95. The number of hydrogen-bond donors (Lipinski definition) is 2. The topological polar surface area (TPSA) is 54.9 Å². The molecule has 0 saturated carbocycles. The normalized spacial score (nSPS) is 11.1. The van der Waals surface area contributed by atoms with Gasteiger partial charge in [0.15, 0.2) is 5.96 Å². The van der Waals surface area contributed by atoms with Crippen LogP contribution in [0.3, 0.4) is 0 Å². The van der Waals surface area contributed by atoms with E-state index in [1.165, 1.54) is 0 Å². The number of halogens is 1. The number of ether oxygens (including phenoxy) is 2. The highest BCUT2D eigenvalue weighted by Gasteiger charge is 2.02. The van der Waals surface area contributed by atoms with Crippen LogP contribution in [0.2, 0.25) is 0 Å². The molecule has 132 valence electrons. The average Bonchev–Trinajstić information content (AvgIpc) is 2.52. The summed E-state index contributed by atoms with van der Waals surface area (Å²) in [7, 11) is 1.67. The molecule has 1 aromatic rings. The van der Waals surface area contributed by atoms with Gasteiger partial charge in [0.2, 0.25) is 0 Å². The maximum atomic E-state index is 5.69. The molecule has 0 radical (unpaired) electrons. The molecule has 0 aliphatic rings. The summed E-state index contributed by atoms with van der Waals surface area (Å²) >= 11 is 0. The van der Waals surface area contributed by atoms with Crippen LogP contribution in [-0.2, 0) is 11.3 Å². The van der Waals surface area contributed by atoms with E-state index in [1.807, 2.05) is 24.3 Å². The minimum Gasteiger partial charge on any atom is -0.496 e. The monoisotopic (exact) mass is 435 g/mol. The second-order valence-electron chi connectivity index (χ2n) is 5.40. The van der Waals surface area contributed by atoms with E-state index >= 15 is 0 Å². The van der Waals surface area contributed by atoms with Crippen LogP contribution < -0.4 is 15.4 Å². The standard InChI is InChI=1S/C17H29N3O2.HI/c1-5-18-17(20-12-14(2)3)19-10-11-22-13-15-8-6-7-9-16(15)21-4;/h6-9,14H,5,10-13H2,1-4H3,(H2,18,19,20);1H. The van der Waals surface area contributed by atoms with E-state index in [9.17, 15) is 0 Å². The summed E-state index contributed by atoms with van der Waals surface area (Å²) in [4.78, 5) is 4.52. The molecule has 2 N–H and O–H groups in total. The summed E-state index contributed by atoms with van der Waals surface area (Å²) in [5, 5.41) is 6.50. The van der Waals surface area contributed by atoms with Crippen molar-refractivity contribution in [1.82, 2.24) is 10.6 Å². The number of benzene rings is 1. The Labute approximate surface area is 157 Å². The van der Waals surface area contributed by atoms with Crippen LogP contribution in [0.4, 0.5) is 0 Å². The fourth-order valence-electron chi connectivity index (χ4n) is 1.86. The molecular formula is C17H30IN3O2. The Morgan fingerprint density at radius 2 is 1.96 bits per heavy atom. The van der Waals surface area contributed by atoms with Crippen molar-refractivity contribution in [3.63, 3.8) is 0 Å². The molecule has 0 spiro atoms. The molecule has 5 nitrogen and oxygen atoms in total. The van der Waals surface area contributed by atoms with Crippen LogP contribution in [0, 0.1) is 5.92 Å². The second kappa shape index (κ2) is 13.4. The lowest BCUT2D eigenvalue weighted by molar-refractivity contribution is 0.123. The van der Waals surface area contributed by atoms with Gasteiger partial charge in [0, 0.05) is 25.2 Å². The molecule has 1 aromatic carbocycles. The zero-order valence-electron chi connectivity index (χ0n) is 14.6. The highest BCUT2D eigenvalue weighted by atomic mass is 127. The van der Waals surface area contributed by atoms with Crippen LogP contribution >= 0.6 is 24.0 Å². The van der Waals surface area contributed by atoms with Gasteiger partial charge in [0.05, 0.1) is 20.3 Å². The number of guanidine groups is 1. The lowest BCUT2D eigenvalue weighted by atomic mass is 10.2. The summed E-state index contributed by atoms with van der Waals surface area (Å²) in [5.74, 6) is 2.26. The molecule has 23 heavy (non-hydrogen) atoms. The van der Waals surface area contributed by atoms with Crippen LogP contribution in [0.15, 0.2) is 29.3 Å². The molecular weight excluding hydrogens is 405 g/mol. The Bertz CT molecular complexity index is 453. The molecule has 0 aliphatic carbocycles. The van der Waals surface area contributed by atoms with Crippen molar-refractivity contribution in [3.8, 4) is 5.75 Å². The number of hydrogen-bond acceptors (Lipinski definition) is 3. The average molecular weight is 435 g/mol. The van der Waals surface area contributed by atoms with Gasteiger partial charge in [-0.1, -0.05) is 32.0 Å². The highest BCUT2D eigenvalue weighted by molar-refractivity contribution is 14.0. The molecule has 6 heteroatoms. The van der Waals surface area contributed by atoms with Crippen LogP contribution in [0.25, 0.3) is 0 Å². The minimum absolute atomic E-state index is 0. The van der Waals surface area contributed by atoms with Gasteiger partial charge in [-0.15, -0.1) is 24.0 Å². The van der Waals surface area contributed by atoms with E-state index in [-0.39, 0.29) is 24.0 Å². The first kappa shape index (κ1) is 22.0. The predicted octanol–water partition coefficient (Wildman–Crippen LogP) is 3.04. The van der Waals surface area contributed by atoms with E-state index in [0.717, 1.165) is 36.9 Å². The minimum atomic E-state index is 0. The van der Waals surface area contributed by atoms with Crippen molar-refractivity contribution >= 4 is 29.9 Å². The Kier molecular flexibility index (Phi) is 12.8. The summed E-state index contributed by atoms with van der Waals surface area (Å²) in [5.41, 5.74) is 1.06. The Morgan fingerprint density at radius 1 is 1.22 bits per heavy atom. The molecule has 0 fully saturated rings. The van der Waals surface area contributed by atoms with E-state index in [1.54, 1.807) is 7.11 Å². The predicted molar refractivity (Wildman–Crippen MR) is 107 cm³/mol. The van der Waals surface area contributed by atoms with Crippen LogP contribution in [0.1, 0.15) is 26.3 Å². The zero-order chi connectivity index (χ0) is 16.2. The van der Waals surface area contributed by atoms with Gasteiger partial charge < -0.3 is 20.1 Å². The van der Waals surface area contributed by atoms with E-state index in [4.69, 9.17) is 9.47 Å².